The number of hydrogen-bond donors (Lipinski definition) is 8. The van der Waals surface area contributed by atoms with Crippen LogP contribution in [0.2, 0.25) is 0 Å². The van der Waals surface area contributed by atoms with E-state index in [-0.39, 0.29) is 156 Å². The van der Waals surface area contributed by atoms with Gasteiger partial charge in [0.25, 0.3) is 0 Å². The number of carbonyl (C=O) groups excluding carboxylic acids is 8. The Morgan fingerprint density at radius 3 is 1.46 bits per heavy atom. The number of unbranched alkanes of at least 4 members (excludes halogenated alkanes) is 14. The molecule has 520 valence electrons. The van der Waals surface area contributed by atoms with Crippen LogP contribution in [0.15, 0.2) is 34.7 Å². The molecule has 8 N–H and O–H groups in total. The maximum atomic E-state index is 12.7. The van der Waals surface area contributed by atoms with Crippen molar-refractivity contribution in [2.45, 2.75) is 218 Å². The van der Waals surface area contributed by atoms with Crippen LogP contribution in [0.1, 0.15) is 208 Å². The Labute approximate surface area is 545 Å². The molecule has 1 aromatic carbocycles. The fourth-order valence-electron chi connectivity index (χ4n) is 9.45. The fraction of sp³-hybridized carbons (Fsp3) is 0.723. The summed E-state index contributed by atoms with van der Waals surface area (Å²) in [4.78, 5) is 145. The largest absolute Gasteiger partial charge is 0.481 e. The van der Waals surface area contributed by atoms with Gasteiger partial charge in [0, 0.05) is 106 Å². The van der Waals surface area contributed by atoms with Gasteiger partial charge in [0.1, 0.15) is 42.6 Å². The van der Waals surface area contributed by atoms with Gasteiger partial charge in [-0.25, -0.2) is 14.0 Å². The highest BCUT2D eigenvalue weighted by molar-refractivity contribution is 7.47. The molecule has 0 aromatic heterocycles. The fourth-order valence-corrected chi connectivity index (χ4v) is 9.45. The molecule has 91 heavy (non-hydrogen) atoms. The molecule has 26 heteroatoms. The number of carboxylic acids is 4. The van der Waals surface area contributed by atoms with Gasteiger partial charge in [-0.3, -0.25) is 47.9 Å². The van der Waals surface area contributed by atoms with Crippen molar-refractivity contribution >= 4 is 83.1 Å². The van der Waals surface area contributed by atoms with Gasteiger partial charge in [-0.15, -0.1) is 0 Å². The molecular formula is C65H109N5O20S. The number of ketones is 4. The quantitative estimate of drug-likeness (QED) is 0.0287. The number of carboxylic acid groups (broad SMARTS) is 4. The summed E-state index contributed by atoms with van der Waals surface area (Å²) in [5, 5.41) is 47.7. The first-order chi connectivity index (χ1) is 43.7. The van der Waals surface area contributed by atoms with E-state index < -0.39 is 78.4 Å². The van der Waals surface area contributed by atoms with Crippen LogP contribution in [0.5, 0.6) is 0 Å². The summed E-state index contributed by atoms with van der Waals surface area (Å²) >= 11 is 4.02. The third kappa shape index (κ3) is 52.8. The summed E-state index contributed by atoms with van der Waals surface area (Å²) in [7, 11) is 1.56. The number of carbonyl (C=O) groups is 12. The molecule has 0 bridgehead atoms. The maximum Gasteiger partial charge on any atom is 0.326 e. The minimum Gasteiger partial charge on any atom is -0.481 e. The number of nitrogens with zero attached hydrogens (tertiary/aromatic N) is 1. The lowest BCUT2D eigenvalue weighted by Crippen LogP contribution is -2.42. The molecule has 0 spiro atoms. The van der Waals surface area contributed by atoms with Crippen LogP contribution < -0.4 is 21.3 Å². The van der Waals surface area contributed by atoms with Gasteiger partial charge in [-0.1, -0.05) is 114 Å². The van der Waals surface area contributed by atoms with Crippen molar-refractivity contribution < 1.29 is 99.8 Å². The predicted molar refractivity (Wildman–Crippen MR) is 345 cm³/mol. The normalized spacial score (nSPS) is 12.2. The summed E-state index contributed by atoms with van der Waals surface area (Å²) in [6.45, 7) is 2.00. The number of nitrogens with one attached hydrogen (secondary N) is 4. The molecule has 4 amide bonds. The highest BCUT2D eigenvalue weighted by atomic mass is 32.1. The molecule has 0 aliphatic rings. The first-order valence-corrected chi connectivity index (χ1v) is 32.7. The van der Waals surface area contributed by atoms with E-state index >= 15 is 0 Å². The van der Waals surface area contributed by atoms with Crippen molar-refractivity contribution in [3.8, 4) is 0 Å². The average molecular weight is 1310 g/mol. The zero-order valence-electron chi connectivity index (χ0n) is 53.9. The van der Waals surface area contributed by atoms with E-state index in [1.54, 1.807) is 7.05 Å². The molecule has 25 nitrogen and oxygen atoms in total. The number of ether oxygens (including phenoxy) is 4. The summed E-state index contributed by atoms with van der Waals surface area (Å²) in [5.41, 5.74) is 1.05. The van der Waals surface area contributed by atoms with Crippen LogP contribution >= 0.6 is 0 Å². The van der Waals surface area contributed by atoms with Crippen LogP contribution in [0.3, 0.4) is 0 Å². The molecular weight excluding hydrogens is 1200 g/mol. The van der Waals surface area contributed by atoms with E-state index in [1.165, 1.54) is 39.0 Å². The Balaban J connectivity index is -0.0000159. The lowest BCUT2D eigenvalue weighted by molar-refractivity contribution is -0.145. The second kappa shape index (κ2) is 57.4. The number of aryl methyl sites for hydroxylation is 1. The summed E-state index contributed by atoms with van der Waals surface area (Å²) in [6, 6.07) is 6.98. The van der Waals surface area contributed by atoms with Gasteiger partial charge in [0.15, 0.2) is 5.78 Å². The Morgan fingerprint density at radius 1 is 0.440 bits per heavy atom. The third-order valence-electron chi connectivity index (χ3n) is 14.7. The van der Waals surface area contributed by atoms with Crippen LogP contribution in [0.25, 0.3) is 0 Å². The number of aliphatic carboxylic acids is 4. The monoisotopic (exact) mass is 1310 g/mol. The van der Waals surface area contributed by atoms with Crippen LogP contribution in [0, 0.1) is 11.8 Å². The van der Waals surface area contributed by atoms with Gasteiger partial charge in [-0.2, -0.15) is 0 Å². The van der Waals surface area contributed by atoms with Crippen molar-refractivity contribution in [3.63, 3.8) is 0 Å². The highest BCUT2D eigenvalue weighted by Crippen LogP contribution is 2.19. The van der Waals surface area contributed by atoms with Crippen molar-refractivity contribution in [1.82, 2.24) is 21.3 Å². The topological polar surface area (TPSA) is 383 Å². The zero-order valence-corrected chi connectivity index (χ0v) is 54.7. The minimum absolute atomic E-state index is 0. The summed E-state index contributed by atoms with van der Waals surface area (Å²) in [5.74, 6) is -8.91. The van der Waals surface area contributed by atoms with Crippen molar-refractivity contribution in [2.75, 3.05) is 73.0 Å². The molecule has 0 fully saturated rings. The van der Waals surface area contributed by atoms with Crippen molar-refractivity contribution in [1.29, 1.82) is 0 Å². The Kier molecular flexibility index (Phi) is 53.3. The molecule has 1 aromatic rings. The van der Waals surface area contributed by atoms with E-state index in [9.17, 15) is 72.9 Å². The molecule has 0 aliphatic heterocycles. The lowest BCUT2D eigenvalue weighted by Gasteiger charge is -2.16. The molecule has 1 rings (SSSR count). The van der Waals surface area contributed by atoms with Gasteiger partial charge < -0.3 is 60.6 Å². The van der Waals surface area contributed by atoms with E-state index in [0.29, 0.717) is 44.9 Å². The van der Waals surface area contributed by atoms with Crippen LogP contribution in [-0.4, -0.2) is 176 Å². The van der Waals surface area contributed by atoms with Crippen LogP contribution in [0.4, 0.5) is 0 Å². The highest BCUT2D eigenvalue weighted by Gasteiger charge is 2.26. The summed E-state index contributed by atoms with van der Waals surface area (Å²) in [6.07, 6.45) is 17.0. The standard InChI is InChI=1S/C64H102N4O20.CH3NS.2H2/c1-48(69)50(44-52(70)30-28-49-22-15-14-16-23-49)24-19-20-36-65-57(73)34-29-51(62(79)80)45-53(71)31-32-55(63(81)82)68-60(76)47-88-43-40-85-38-21-25-54(72)46-87-42-41-86-39-37-66-58(74)35-33-56(64(83)84)67-59(75)26-17-12-10-8-6-4-2-3-5-7-9-11-13-18-27-61(77)78;1-2-3;;/h14-16,22-23,50-51,55-56H,2-13,17-21,24-47H2,1H3,(H,65,73)(H,66,74)(H,67,75)(H,68,76)(H,77,78)(H,79,80)(H,81,82)(H,83,84);1H3;2*1H/t50-,51-,55+,56+;;;/m1.../s1. The van der Waals surface area contributed by atoms with E-state index in [4.69, 9.17) is 24.1 Å². The second-order valence-corrected chi connectivity index (χ2v) is 22.9. The SMILES string of the molecule is CC(=O)[C@H](CCCCNC(=O)CC[C@H](CC(=O)CC[C@H](NC(=O)COCCOCCCC(=O)COCCOCCNC(=O)CC[C@H](NC(=O)CCCCCCCCCCCCCCCCC(=O)O)C(=O)O)C(=O)O)C(=O)O)CC(=O)CCc1ccccc1.CN=S.[HH].[HH]. The number of amides is 4. The van der Waals surface area contributed by atoms with E-state index in [1.807, 2.05) is 30.3 Å². The summed E-state index contributed by atoms with van der Waals surface area (Å²) < 4.78 is 24.5. The predicted octanol–water partition coefficient (Wildman–Crippen LogP) is 7.91. The minimum atomic E-state index is -1.45. The average Bonchev–Trinajstić information content (AvgIpc) is 3.37. The van der Waals surface area contributed by atoms with Crippen LogP contribution in [-0.2, 0) is 95.3 Å². The molecule has 0 unspecified atom stereocenters. The van der Waals surface area contributed by atoms with Gasteiger partial charge in [0.05, 0.1) is 39.0 Å². The Hall–Kier alpha value is -6.48. The molecule has 0 heterocycles. The molecule has 0 aliphatic carbocycles. The van der Waals surface area contributed by atoms with E-state index in [0.717, 1.165) is 56.9 Å². The second-order valence-electron chi connectivity index (χ2n) is 22.5. The zero-order chi connectivity index (χ0) is 67.7. The molecule has 4 atom stereocenters. The number of Topliss-reactive ketones (excluding diaryl/α,β-unsaturated/α-hetero) is 4. The smallest absolute Gasteiger partial charge is 0.326 e. The van der Waals surface area contributed by atoms with E-state index in [2.05, 4.69) is 38.1 Å². The van der Waals surface area contributed by atoms with Gasteiger partial charge in [-0.05, 0) is 70.3 Å². The molecule has 0 radical (unpaired) electrons. The molecule has 0 saturated carbocycles. The van der Waals surface area contributed by atoms with Crippen molar-refractivity contribution in [2.24, 2.45) is 16.2 Å². The number of hydrogen-bond acceptors (Lipinski definition) is 18. The first-order valence-electron chi connectivity index (χ1n) is 32.3. The molecule has 0 saturated heterocycles. The Morgan fingerprint density at radius 2 is 0.912 bits per heavy atom. The lowest BCUT2D eigenvalue weighted by atomic mass is 9.91. The Bertz CT molecular complexity index is 2290. The first kappa shape index (κ1) is 84.5. The van der Waals surface area contributed by atoms with Gasteiger partial charge in [0.2, 0.25) is 23.6 Å². The third-order valence-corrected chi connectivity index (χ3v) is 14.7. The van der Waals surface area contributed by atoms with Gasteiger partial charge >= 0.3 is 23.9 Å². The number of benzene rings is 1. The van der Waals surface area contributed by atoms with Crippen molar-refractivity contribution in [3.05, 3.63) is 35.9 Å². The maximum absolute atomic E-state index is 12.7. The number of rotatable bonds is 61.